The fourth-order valence-corrected chi connectivity index (χ4v) is 6.05. The highest BCUT2D eigenvalue weighted by molar-refractivity contribution is 6.22. The molecule has 1 aliphatic carbocycles. The number of anilines is 3. The first-order chi connectivity index (χ1) is 21.6. The molecule has 2 amide bonds. The second-order valence-electron chi connectivity index (χ2n) is 13.0. The maximum absolute atomic E-state index is 13.7. The number of fused-ring (bicyclic) bond motifs is 3. The lowest BCUT2D eigenvalue weighted by Gasteiger charge is -2.19. The van der Waals surface area contributed by atoms with Gasteiger partial charge in [0, 0.05) is 11.3 Å². The molecule has 2 aromatic carbocycles. The van der Waals surface area contributed by atoms with Gasteiger partial charge in [0.25, 0.3) is 0 Å². The first-order valence-electron chi connectivity index (χ1n) is 14.7. The maximum Gasteiger partial charge on any atom is 0.435 e. The Labute approximate surface area is 264 Å². The molecule has 1 aliphatic heterocycles. The molecule has 1 saturated carbocycles. The van der Waals surface area contributed by atoms with E-state index in [0.717, 1.165) is 15.1 Å². The Morgan fingerprint density at radius 3 is 2.37 bits per heavy atom. The number of ether oxygens (including phenoxy) is 3. The number of aliphatic hydroxyl groups is 1. The van der Waals surface area contributed by atoms with Gasteiger partial charge in [-0.15, -0.1) is 5.10 Å². The maximum atomic E-state index is 13.7. The van der Waals surface area contributed by atoms with Gasteiger partial charge in [0.2, 0.25) is 5.91 Å². The van der Waals surface area contributed by atoms with Gasteiger partial charge in [-0.1, -0.05) is 6.07 Å². The summed E-state index contributed by atoms with van der Waals surface area (Å²) in [5.41, 5.74) is -0.736. The fraction of sp³-hybridized carbons (Fsp3) is 0.364. The topological polar surface area (TPSA) is 165 Å². The van der Waals surface area contributed by atoms with Gasteiger partial charge in [0.05, 0.1) is 36.5 Å². The monoisotopic (exact) mass is 629 g/mol. The number of imide groups is 1. The van der Waals surface area contributed by atoms with E-state index in [1.165, 1.54) is 14.2 Å². The van der Waals surface area contributed by atoms with Gasteiger partial charge in [-0.05, 0) is 94.6 Å². The van der Waals surface area contributed by atoms with Crippen LogP contribution in [0.3, 0.4) is 0 Å². The molecule has 0 saturated heterocycles. The average Bonchev–Trinajstić information content (AvgIpc) is 3.57. The number of methoxy groups -OCH3 is 2. The summed E-state index contributed by atoms with van der Waals surface area (Å²) in [6.07, 6.45) is -1.70. The van der Waals surface area contributed by atoms with E-state index in [0.29, 0.717) is 45.8 Å². The lowest BCUT2D eigenvalue weighted by molar-refractivity contribution is -0.119. The van der Waals surface area contributed by atoms with Crippen LogP contribution in [-0.4, -0.2) is 62.9 Å². The van der Waals surface area contributed by atoms with Gasteiger partial charge < -0.3 is 29.7 Å². The lowest BCUT2D eigenvalue weighted by Crippen LogP contribution is -2.36. The highest BCUT2D eigenvalue weighted by Crippen LogP contribution is 2.67. The molecule has 1 spiro atoms. The molecule has 2 atom stereocenters. The van der Waals surface area contributed by atoms with E-state index in [4.69, 9.17) is 14.2 Å². The van der Waals surface area contributed by atoms with Crippen molar-refractivity contribution in [3.05, 3.63) is 65.4 Å². The van der Waals surface area contributed by atoms with Crippen LogP contribution in [0.4, 0.5) is 26.9 Å². The summed E-state index contributed by atoms with van der Waals surface area (Å²) in [6, 6.07) is 13.6. The second kappa shape index (κ2) is 10.4. The van der Waals surface area contributed by atoms with Gasteiger partial charge in [-0.3, -0.25) is 4.79 Å². The minimum absolute atomic E-state index is 0.277. The van der Waals surface area contributed by atoms with E-state index >= 15 is 0 Å². The fourth-order valence-electron chi connectivity index (χ4n) is 6.05. The second-order valence-corrected chi connectivity index (χ2v) is 13.0. The first kappa shape index (κ1) is 30.8. The standard InChI is InChI=1S/C33H35N5O8/c1-31(2,3)46-30(42)38-23-14-17(21-16-33(21)20-15-18(44-6)9-11-22(20)37(28(33)39)29(40)41)8-10-19(23)26(36-38)35-27-24(45-7)12-13-25(34-27)32(4,5)43/h8-15,21,43H,16H2,1-7H3,(H,40,41)(H,34,35,36)/t21-,33-/m0/s1. The molecular weight excluding hydrogens is 594 g/mol. The van der Waals surface area contributed by atoms with Crippen molar-refractivity contribution in [3.63, 3.8) is 0 Å². The third kappa shape index (κ3) is 4.96. The zero-order chi connectivity index (χ0) is 33.3. The smallest absolute Gasteiger partial charge is 0.435 e. The van der Waals surface area contributed by atoms with Gasteiger partial charge in [-0.25, -0.2) is 19.5 Å². The SMILES string of the molecule is COc1ccc2c(c1)[C@]1(C[C@H]1c1ccc3c(Nc4nc(C(C)(C)O)ccc4OC)nn(C(=O)OC(C)(C)C)c3c1)C(=O)N2C(=O)O. The quantitative estimate of drug-likeness (QED) is 0.241. The number of nitrogens with one attached hydrogen (secondary N) is 1. The Hall–Kier alpha value is -5.17. The Morgan fingerprint density at radius 1 is 1.00 bits per heavy atom. The lowest BCUT2D eigenvalue weighted by atomic mass is 9.91. The molecule has 6 rings (SSSR count). The van der Waals surface area contributed by atoms with Crippen LogP contribution < -0.4 is 19.7 Å². The molecule has 240 valence electrons. The molecule has 4 aromatic rings. The van der Waals surface area contributed by atoms with Crippen LogP contribution in [0.25, 0.3) is 10.9 Å². The molecule has 0 unspecified atom stereocenters. The van der Waals surface area contributed by atoms with Crippen LogP contribution in [0.15, 0.2) is 48.5 Å². The number of hydrogen-bond acceptors (Lipinski definition) is 10. The highest BCUT2D eigenvalue weighted by Gasteiger charge is 2.68. The van der Waals surface area contributed by atoms with Crippen LogP contribution >= 0.6 is 0 Å². The highest BCUT2D eigenvalue weighted by atomic mass is 16.6. The van der Waals surface area contributed by atoms with Crippen molar-refractivity contribution in [1.82, 2.24) is 14.8 Å². The number of nitrogens with zero attached hydrogens (tertiary/aromatic N) is 4. The molecule has 2 aliphatic rings. The number of rotatable bonds is 6. The molecule has 0 bridgehead atoms. The molecular formula is C33H35N5O8. The van der Waals surface area contributed by atoms with Crippen LogP contribution in [-0.2, 0) is 20.5 Å². The molecule has 3 N–H and O–H groups in total. The molecule has 2 aromatic heterocycles. The zero-order valence-corrected chi connectivity index (χ0v) is 26.5. The van der Waals surface area contributed by atoms with Crippen LogP contribution in [0.5, 0.6) is 11.5 Å². The molecule has 0 radical (unpaired) electrons. The van der Waals surface area contributed by atoms with Crippen molar-refractivity contribution in [2.45, 2.75) is 63.6 Å². The van der Waals surface area contributed by atoms with Crippen LogP contribution in [0.1, 0.15) is 63.8 Å². The Bertz CT molecular complexity index is 1920. The van der Waals surface area contributed by atoms with Crippen molar-refractivity contribution in [3.8, 4) is 11.5 Å². The minimum Gasteiger partial charge on any atom is -0.497 e. The molecule has 13 nitrogen and oxygen atoms in total. The molecule has 46 heavy (non-hydrogen) atoms. The molecule has 13 heteroatoms. The normalized spacial score (nSPS) is 18.9. The molecule has 3 heterocycles. The van der Waals surface area contributed by atoms with E-state index in [-0.39, 0.29) is 17.6 Å². The molecule has 1 fully saturated rings. The van der Waals surface area contributed by atoms with E-state index in [2.05, 4.69) is 15.4 Å². The van der Waals surface area contributed by atoms with Crippen molar-refractivity contribution in [1.29, 1.82) is 0 Å². The summed E-state index contributed by atoms with van der Waals surface area (Å²) in [5.74, 6) is 0.557. The van der Waals surface area contributed by atoms with Gasteiger partial charge in [-0.2, -0.15) is 4.68 Å². The first-order valence-corrected chi connectivity index (χ1v) is 14.7. The van der Waals surface area contributed by atoms with Crippen molar-refractivity contribution < 1.29 is 38.8 Å². The Kier molecular flexibility index (Phi) is 7.00. The van der Waals surface area contributed by atoms with E-state index in [1.807, 2.05) is 6.07 Å². The van der Waals surface area contributed by atoms with Gasteiger partial charge in [0.15, 0.2) is 17.4 Å². The summed E-state index contributed by atoms with van der Waals surface area (Å²) < 4.78 is 17.7. The number of aromatic nitrogens is 3. The van der Waals surface area contributed by atoms with E-state index in [1.54, 1.807) is 77.1 Å². The van der Waals surface area contributed by atoms with Crippen LogP contribution in [0.2, 0.25) is 0 Å². The summed E-state index contributed by atoms with van der Waals surface area (Å²) in [6.45, 7) is 8.47. The average molecular weight is 630 g/mol. The van der Waals surface area contributed by atoms with Gasteiger partial charge in [0.1, 0.15) is 17.0 Å². The number of amides is 2. The van der Waals surface area contributed by atoms with Crippen molar-refractivity contribution in [2.75, 3.05) is 24.4 Å². The number of hydrogen-bond donors (Lipinski definition) is 3. The number of pyridine rings is 1. The largest absolute Gasteiger partial charge is 0.497 e. The Balaban J connectivity index is 1.46. The summed E-state index contributed by atoms with van der Waals surface area (Å²) in [4.78, 5) is 44.6. The number of benzene rings is 2. The number of carbonyl (C=O) groups is 3. The van der Waals surface area contributed by atoms with E-state index in [9.17, 15) is 24.6 Å². The third-order valence-electron chi connectivity index (χ3n) is 8.28. The van der Waals surface area contributed by atoms with Crippen molar-refractivity contribution >= 4 is 46.3 Å². The van der Waals surface area contributed by atoms with E-state index < -0.39 is 34.7 Å². The van der Waals surface area contributed by atoms with Crippen molar-refractivity contribution in [2.24, 2.45) is 0 Å². The number of carbonyl (C=O) groups excluding carboxylic acids is 2. The zero-order valence-electron chi connectivity index (χ0n) is 26.5. The van der Waals surface area contributed by atoms with Gasteiger partial charge >= 0.3 is 12.2 Å². The minimum atomic E-state index is -1.36. The summed E-state index contributed by atoms with van der Waals surface area (Å²) in [5, 5.41) is 28.7. The Morgan fingerprint density at radius 2 is 1.74 bits per heavy atom. The third-order valence-corrected chi connectivity index (χ3v) is 8.28. The number of carboxylic acid groups (broad SMARTS) is 1. The summed E-state index contributed by atoms with van der Waals surface area (Å²) >= 11 is 0. The predicted molar refractivity (Wildman–Crippen MR) is 168 cm³/mol. The summed E-state index contributed by atoms with van der Waals surface area (Å²) in [7, 11) is 3.00. The predicted octanol–water partition coefficient (Wildman–Crippen LogP) is 5.65. The van der Waals surface area contributed by atoms with Crippen LogP contribution in [0, 0.1) is 0 Å².